The van der Waals surface area contributed by atoms with E-state index >= 15 is 0 Å². The molecule has 0 unspecified atom stereocenters. The van der Waals surface area contributed by atoms with E-state index in [0.29, 0.717) is 24.6 Å². The summed E-state index contributed by atoms with van der Waals surface area (Å²) >= 11 is 1.17. The van der Waals surface area contributed by atoms with Gasteiger partial charge >= 0.3 is 0 Å². The highest BCUT2D eigenvalue weighted by Crippen LogP contribution is 2.26. The number of benzene rings is 1. The first kappa shape index (κ1) is 16.8. The van der Waals surface area contributed by atoms with Crippen LogP contribution in [0.5, 0.6) is 0 Å². The quantitative estimate of drug-likeness (QED) is 0.818. The molecule has 128 valence electrons. The van der Waals surface area contributed by atoms with Crippen molar-refractivity contribution in [3.63, 3.8) is 0 Å². The smallest absolute Gasteiger partial charge is 0.265 e. The third-order valence-electron chi connectivity index (χ3n) is 4.20. The van der Waals surface area contributed by atoms with Crippen LogP contribution in [-0.2, 0) is 27.7 Å². The second kappa shape index (κ2) is 6.48. The van der Waals surface area contributed by atoms with Crippen molar-refractivity contribution in [1.29, 1.82) is 0 Å². The van der Waals surface area contributed by atoms with E-state index in [1.54, 1.807) is 24.0 Å². The van der Waals surface area contributed by atoms with Crippen molar-refractivity contribution in [3.05, 3.63) is 34.8 Å². The van der Waals surface area contributed by atoms with Crippen LogP contribution in [0.1, 0.15) is 18.1 Å². The summed E-state index contributed by atoms with van der Waals surface area (Å²) in [5.41, 5.74) is 3.57. The van der Waals surface area contributed by atoms with E-state index in [1.165, 1.54) is 23.9 Å². The van der Waals surface area contributed by atoms with Crippen molar-refractivity contribution in [3.8, 4) is 0 Å². The Balaban J connectivity index is 1.91. The van der Waals surface area contributed by atoms with Gasteiger partial charge in [0.25, 0.3) is 10.0 Å². The van der Waals surface area contributed by atoms with Gasteiger partial charge in [0.2, 0.25) is 11.0 Å². The monoisotopic (exact) mass is 366 g/mol. The molecule has 0 N–H and O–H groups in total. The minimum atomic E-state index is -3.68. The SMILES string of the molecule is CC(=O)N1CCc2ccc(S(=O)(=O)N(C)c3nncs3)cc2CC1. The molecule has 24 heavy (non-hydrogen) atoms. The zero-order valence-corrected chi connectivity index (χ0v) is 15.1. The van der Waals surface area contributed by atoms with Gasteiger partial charge in [-0.1, -0.05) is 17.4 Å². The van der Waals surface area contributed by atoms with Crippen LogP contribution in [0.4, 0.5) is 5.13 Å². The van der Waals surface area contributed by atoms with Gasteiger partial charge in [0.15, 0.2) is 0 Å². The Labute approximate surface area is 145 Å². The molecular formula is C15H18N4O3S2. The molecule has 0 fully saturated rings. The summed E-state index contributed by atoms with van der Waals surface area (Å²) < 4.78 is 26.7. The van der Waals surface area contributed by atoms with Crippen molar-refractivity contribution in [2.75, 3.05) is 24.4 Å². The van der Waals surface area contributed by atoms with Crippen LogP contribution in [-0.4, -0.2) is 49.6 Å². The highest BCUT2D eigenvalue weighted by molar-refractivity contribution is 7.93. The van der Waals surface area contributed by atoms with Gasteiger partial charge < -0.3 is 4.90 Å². The van der Waals surface area contributed by atoms with Crippen LogP contribution in [0, 0.1) is 0 Å². The molecule has 0 atom stereocenters. The second-order valence-electron chi connectivity index (χ2n) is 5.63. The molecule has 7 nitrogen and oxygen atoms in total. The summed E-state index contributed by atoms with van der Waals surface area (Å²) in [4.78, 5) is 13.6. The molecule has 1 aliphatic heterocycles. The topological polar surface area (TPSA) is 83.5 Å². The Morgan fingerprint density at radius 3 is 2.58 bits per heavy atom. The van der Waals surface area contributed by atoms with E-state index in [2.05, 4.69) is 10.2 Å². The van der Waals surface area contributed by atoms with Crippen LogP contribution in [0.25, 0.3) is 0 Å². The van der Waals surface area contributed by atoms with Gasteiger partial charge in [0, 0.05) is 27.1 Å². The van der Waals surface area contributed by atoms with Crippen molar-refractivity contribution in [2.45, 2.75) is 24.7 Å². The molecule has 0 bridgehead atoms. The Hall–Kier alpha value is -2.00. The Morgan fingerprint density at radius 1 is 1.25 bits per heavy atom. The second-order valence-corrected chi connectivity index (χ2v) is 8.41. The number of fused-ring (bicyclic) bond motifs is 1. The maximum Gasteiger partial charge on any atom is 0.265 e. The van der Waals surface area contributed by atoms with Gasteiger partial charge in [-0.2, -0.15) is 0 Å². The van der Waals surface area contributed by atoms with Crippen LogP contribution in [0.3, 0.4) is 0 Å². The van der Waals surface area contributed by atoms with Gasteiger partial charge in [-0.15, -0.1) is 10.2 Å². The lowest BCUT2D eigenvalue weighted by Crippen LogP contribution is -2.30. The van der Waals surface area contributed by atoms with Crippen molar-refractivity contribution >= 4 is 32.4 Å². The number of amides is 1. The number of carbonyl (C=O) groups excluding carboxylic acids is 1. The summed E-state index contributed by atoms with van der Waals surface area (Å²) in [5, 5.41) is 7.82. The van der Waals surface area contributed by atoms with E-state index in [4.69, 9.17) is 0 Å². The molecule has 1 aromatic heterocycles. The van der Waals surface area contributed by atoms with Crippen LogP contribution in [0.2, 0.25) is 0 Å². The average molecular weight is 366 g/mol. The van der Waals surface area contributed by atoms with E-state index < -0.39 is 10.0 Å². The predicted molar refractivity (Wildman–Crippen MR) is 91.6 cm³/mol. The lowest BCUT2D eigenvalue weighted by atomic mass is 10.0. The molecule has 1 aromatic carbocycles. The summed E-state index contributed by atoms with van der Waals surface area (Å²) in [5.74, 6) is 0.0478. The Kier molecular flexibility index (Phi) is 4.55. The molecule has 0 aliphatic carbocycles. The van der Waals surface area contributed by atoms with Crippen LogP contribution >= 0.6 is 11.3 Å². The summed E-state index contributed by atoms with van der Waals surface area (Å²) in [7, 11) is -2.21. The molecule has 2 heterocycles. The number of carbonyl (C=O) groups is 1. The standard InChI is InChI=1S/C15H18N4O3S2/c1-11(20)19-7-5-12-3-4-14(9-13(12)6-8-19)24(21,22)18(2)15-17-16-10-23-15/h3-4,9-10H,5-8H2,1-2H3. The highest BCUT2D eigenvalue weighted by Gasteiger charge is 2.25. The third-order valence-corrected chi connectivity index (χ3v) is 6.83. The zero-order chi connectivity index (χ0) is 17.3. The minimum absolute atomic E-state index is 0.0478. The number of aromatic nitrogens is 2. The first-order chi connectivity index (χ1) is 11.4. The Morgan fingerprint density at radius 2 is 1.96 bits per heavy atom. The van der Waals surface area contributed by atoms with Gasteiger partial charge in [-0.25, -0.2) is 12.7 Å². The summed E-state index contributed by atoms with van der Waals surface area (Å²) in [6, 6.07) is 5.18. The zero-order valence-electron chi connectivity index (χ0n) is 13.5. The van der Waals surface area contributed by atoms with E-state index in [1.807, 2.05) is 6.07 Å². The number of sulfonamides is 1. The Bertz CT molecular complexity index is 850. The molecular weight excluding hydrogens is 348 g/mol. The molecule has 0 saturated heterocycles. The number of nitrogens with zero attached hydrogens (tertiary/aromatic N) is 4. The maximum absolute atomic E-state index is 12.8. The summed E-state index contributed by atoms with van der Waals surface area (Å²) in [6.45, 7) is 2.83. The largest absolute Gasteiger partial charge is 0.342 e. The number of anilines is 1. The van der Waals surface area contributed by atoms with Crippen molar-refractivity contribution in [1.82, 2.24) is 15.1 Å². The van der Waals surface area contributed by atoms with E-state index in [-0.39, 0.29) is 10.8 Å². The number of hydrogen-bond donors (Lipinski definition) is 0. The maximum atomic E-state index is 12.8. The van der Waals surface area contributed by atoms with E-state index in [0.717, 1.165) is 21.9 Å². The lowest BCUT2D eigenvalue weighted by molar-refractivity contribution is -0.128. The molecule has 3 rings (SSSR count). The predicted octanol–water partition coefficient (Wildman–Crippen LogP) is 1.31. The van der Waals surface area contributed by atoms with Gasteiger partial charge in [0.05, 0.1) is 4.90 Å². The lowest BCUT2D eigenvalue weighted by Gasteiger charge is -2.17. The first-order valence-corrected chi connectivity index (χ1v) is 9.84. The molecule has 1 aliphatic rings. The van der Waals surface area contributed by atoms with Crippen molar-refractivity contribution in [2.24, 2.45) is 0 Å². The molecule has 1 amide bonds. The molecule has 9 heteroatoms. The third kappa shape index (κ3) is 3.13. The van der Waals surface area contributed by atoms with Crippen LogP contribution in [0.15, 0.2) is 28.6 Å². The normalized spacial score (nSPS) is 14.8. The van der Waals surface area contributed by atoms with Gasteiger partial charge in [0.1, 0.15) is 5.51 Å². The van der Waals surface area contributed by atoms with Crippen molar-refractivity contribution < 1.29 is 13.2 Å². The minimum Gasteiger partial charge on any atom is -0.342 e. The average Bonchev–Trinajstić information content (AvgIpc) is 3.00. The number of hydrogen-bond acceptors (Lipinski definition) is 6. The van der Waals surface area contributed by atoms with E-state index in [9.17, 15) is 13.2 Å². The van der Waals surface area contributed by atoms with Gasteiger partial charge in [-0.05, 0) is 36.1 Å². The fourth-order valence-electron chi connectivity index (χ4n) is 2.74. The first-order valence-electron chi connectivity index (χ1n) is 7.52. The molecule has 2 aromatic rings. The highest BCUT2D eigenvalue weighted by atomic mass is 32.2. The van der Waals surface area contributed by atoms with Crippen LogP contribution < -0.4 is 4.31 Å². The number of rotatable bonds is 3. The fourth-order valence-corrected chi connectivity index (χ4v) is 4.69. The van der Waals surface area contributed by atoms with Gasteiger partial charge in [-0.3, -0.25) is 4.79 Å². The molecule has 0 saturated carbocycles. The fraction of sp³-hybridized carbons (Fsp3) is 0.400. The molecule has 0 spiro atoms. The summed E-state index contributed by atoms with van der Waals surface area (Å²) in [6.07, 6.45) is 1.39. The molecule has 0 radical (unpaired) electrons.